The summed E-state index contributed by atoms with van der Waals surface area (Å²) in [6, 6.07) is 18.3. The van der Waals surface area contributed by atoms with E-state index in [0.29, 0.717) is 43.2 Å². The number of nitrogens with zero attached hydrogens (tertiary/aromatic N) is 4. The fourth-order valence-corrected chi connectivity index (χ4v) is 8.71. The molecule has 0 saturated carbocycles. The smallest absolute Gasteiger partial charge is 0.315 e. The largest absolute Gasteiger partial charge is 0.343 e. The van der Waals surface area contributed by atoms with Gasteiger partial charge < -0.3 is 15.5 Å². The summed E-state index contributed by atoms with van der Waals surface area (Å²) >= 11 is 1.90. The number of pyridine rings is 1. The van der Waals surface area contributed by atoms with Gasteiger partial charge in [-0.2, -0.15) is 17.0 Å². The number of urea groups is 1. The van der Waals surface area contributed by atoms with Crippen LogP contribution < -0.4 is 10.6 Å². The number of hydrogen-bond acceptors (Lipinski definition) is 6. The van der Waals surface area contributed by atoms with Gasteiger partial charge in [-0.05, 0) is 54.8 Å². The molecular weight excluding hydrogens is 597 g/mol. The third-order valence-corrected chi connectivity index (χ3v) is 11.1. The molecule has 0 spiro atoms. The standard InChI is InChI=1S/C36H36N6O3S/c37-19-26(18-24-6-5-7-25-20-38-15-12-27(24)25)29-21-42(31-9-2-1-8-28(29)31)35(44)23-13-16-41(17-14-23)33(43)11-4-3-10-32-34-30(22-46-32)39-36(45)40-34/h1-2,5-9,12,15,18,20-21,23,30,32,34H,3-4,10-11,13-14,16-17,22H2,(H2,39,40,45)/b26-18+/t30-,32-,34-/m0/s1. The summed E-state index contributed by atoms with van der Waals surface area (Å²) in [6.45, 7) is 1.14. The number of benzene rings is 2. The Morgan fingerprint density at radius 1 is 1.04 bits per heavy atom. The first-order chi connectivity index (χ1) is 22.5. The summed E-state index contributed by atoms with van der Waals surface area (Å²) < 4.78 is 1.71. The number of unbranched alkanes of at least 4 members (excludes halogenated alkanes) is 1. The average Bonchev–Trinajstić information content (AvgIpc) is 3.78. The number of carbonyl (C=O) groups excluding carboxylic acids is 3. The van der Waals surface area contributed by atoms with E-state index < -0.39 is 0 Å². The molecule has 10 heteroatoms. The summed E-state index contributed by atoms with van der Waals surface area (Å²) in [6.07, 6.45) is 11.8. The molecule has 0 bridgehead atoms. The van der Waals surface area contributed by atoms with Gasteiger partial charge in [0, 0.05) is 71.4 Å². The maximum atomic E-state index is 13.9. The van der Waals surface area contributed by atoms with Crippen LogP contribution in [0.15, 0.2) is 67.1 Å². The maximum absolute atomic E-state index is 13.9. The quantitative estimate of drug-likeness (QED) is 0.143. The van der Waals surface area contributed by atoms with Gasteiger partial charge in [-0.25, -0.2) is 4.79 Å². The number of thioether (sulfide) groups is 1. The minimum atomic E-state index is -0.199. The Morgan fingerprint density at radius 2 is 1.89 bits per heavy atom. The molecule has 3 saturated heterocycles. The number of nitrogens with one attached hydrogen (secondary N) is 2. The highest BCUT2D eigenvalue weighted by Crippen LogP contribution is 2.34. The number of piperidine rings is 1. The fraction of sp³-hybridized carbons (Fsp3) is 0.361. The van der Waals surface area contributed by atoms with Crippen molar-refractivity contribution < 1.29 is 14.4 Å². The maximum Gasteiger partial charge on any atom is 0.315 e. The third-order valence-electron chi connectivity index (χ3n) is 9.64. The second kappa shape index (κ2) is 13.0. The average molecular weight is 633 g/mol. The summed E-state index contributed by atoms with van der Waals surface area (Å²) in [5.41, 5.74) is 2.91. The van der Waals surface area contributed by atoms with Crippen molar-refractivity contribution in [1.82, 2.24) is 25.1 Å². The normalized spacial score (nSPS) is 21.6. The highest BCUT2D eigenvalue weighted by atomic mass is 32.2. The Hall–Kier alpha value is -4.62. The molecule has 234 valence electrons. The van der Waals surface area contributed by atoms with Crippen LogP contribution in [0.4, 0.5) is 4.79 Å². The van der Waals surface area contributed by atoms with Crippen LogP contribution in [0, 0.1) is 17.2 Å². The van der Waals surface area contributed by atoms with Crippen LogP contribution in [-0.2, 0) is 4.79 Å². The molecule has 0 radical (unpaired) electrons. The van der Waals surface area contributed by atoms with Crippen molar-refractivity contribution >= 4 is 62.9 Å². The summed E-state index contributed by atoms with van der Waals surface area (Å²) in [5, 5.41) is 19.5. The topological polar surface area (TPSA) is 120 Å². The van der Waals surface area contributed by atoms with Crippen molar-refractivity contribution in [2.45, 2.75) is 55.9 Å². The highest BCUT2D eigenvalue weighted by molar-refractivity contribution is 8.00. The molecule has 3 aliphatic rings. The van der Waals surface area contributed by atoms with Crippen LogP contribution in [-0.4, -0.2) is 68.5 Å². The van der Waals surface area contributed by atoms with Gasteiger partial charge in [0.2, 0.25) is 11.8 Å². The van der Waals surface area contributed by atoms with Crippen LogP contribution >= 0.6 is 11.8 Å². The molecule has 3 aliphatic heterocycles. The van der Waals surface area contributed by atoms with Crippen LogP contribution in [0.25, 0.3) is 33.3 Å². The number of hydrogen-bond donors (Lipinski definition) is 2. The number of likely N-dealkylation sites (tertiary alicyclic amines) is 1. The molecule has 0 aliphatic carbocycles. The Morgan fingerprint density at radius 3 is 2.74 bits per heavy atom. The predicted molar refractivity (Wildman–Crippen MR) is 181 cm³/mol. The molecule has 3 atom stereocenters. The molecule has 5 heterocycles. The lowest BCUT2D eigenvalue weighted by atomic mass is 9.95. The van der Waals surface area contributed by atoms with Crippen molar-refractivity contribution in [3.8, 4) is 6.07 Å². The second-order valence-corrected chi connectivity index (χ2v) is 13.7. The first-order valence-corrected chi connectivity index (χ1v) is 17.1. The van der Waals surface area contributed by atoms with E-state index in [1.165, 1.54) is 0 Å². The number of allylic oxidation sites excluding steroid dienone is 1. The van der Waals surface area contributed by atoms with Gasteiger partial charge in [-0.15, -0.1) is 0 Å². The van der Waals surface area contributed by atoms with Crippen LogP contribution in [0.2, 0.25) is 0 Å². The van der Waals surface area contributed by atoms with Gasteiger partial charge in [-0.3, -0.25) is 19.1 Å². The number of carbonyl (C=O) groups is 3. The lowest BCUT2D eigenvalue weighted by Gasteiger charge is -2.31. The van der Waals surface area contributed by atoms with E-state index in [-0.39, 0.29) is 35.8 Å². The molecule has 9 nitrogen and oxygen atoms in total. The molecule has 3 amide bonds. The van der Waals surface area contributed by atoms with E-state index in [1.807, 2.05) is 83.7 Å². The second-order valence-electron chi connectivity index (χ2n) is 12.4. The highest BCUT2D eigenvalue weighted by Gasteiger charge is 2.42. The lowest BCUT2D eigenvalue weighted by Crippen LogP contribution is -2.41. The zero-order valence-electron chi connectivity index (χ0n) is 25.5. The molecule has 0 unspecified atom stereocenters. The number of aromatic nitrogens is 2. The fourth-order valence-electron chi connectivity index (χ4n) is 7.17. The zero-order valence-corrected chi connectivity index (χ0v) is 26.3. The van der Waals surface area contributed by atoms with Crippen molar-refractivity contribution in [2.24, 2.45) is 5.92 Å². The lowest BCUT2D eigenvalue weighted by molar-refractivity contribution is -0.132. The number of rotatable bonds is 8. The van der Waals surface area contributed by atoms with Crippen molar-refractivity contribution in [3.63, 3.8) is 0 Å². The van der Waals surface area contributed by atoms with Gasteiger partial charge in [0.05, 0.1) is 29.2 Å². The van der Waals surface area contributed by atoms with E-state index in [4.69, 9.17) is 0 Å². The van der Waals surface area contributed by atoms with Crippen molar-refractivity contribution in [3.05, 3.63) is 78.2 Å². The Labute approximate surface area is 272 Å². The molecule has 3 fully saturated rings. The van der Waals surface area contributed by atoms with E-state index >= 15 is 0 Å². The SMILES string of the molecule is N#C/C(=C\c1cccc2cnccc12)c1cn(C(=O)C2CCN(C(=O)CCCC[C@@H]3SC[C@@H]4NC(=O)N[C@@H]43)CC2)c2ccccc12. The molecule has 2 aromatic carbocycles. The van der Waals surface area contributed by atoms with Crippen LogP contribution in [0.5, 0.6) is 0 Å². The number of amides is 3. The third kappa shape index (κ3) is 5.87. The van der Waals surface area contributed by atoms with E-state index in [0.717, 1.165) is 57.8 Å². The molecular formula is C36H36N6O3S. The van der Waals surface area contributed by atoms with E-state index in [9.17, 15) is 19.6 Å². The van der Waals surface area contributed by atoms with Gasteiger partial charge >= 0.3 is 6.03 Å². The van der Waals surface area contributed by atoms with Crippen molar-refractivity contribution in [2.75, 3.05) is 18.8 Å². The van der Waals surface area contributed by atoms with Crippen LogP contribution in [0.3, 0.4) is 0 Å². The summed E-state index contributed by atoms with van der Waals surface area (Å²) in [5.74, 6) is 0.903. The van der Waals surface area contributed by atoms with Crippen molar-refractivity contribution in [1.29, 1.82) is 5.26 Å². The van der Waals surface area contributed by atoms with E-state index in [2.05, 4.69) is 21.7 Å². The summed E-state index contributed by atoms with van der Waals surface area (Å²) in [4.78, 5) is 44.6. The molecule has 7 rings (SSSR count). The predicted octanol–water partition coefficient (Wildman–Crippen LogP) is 5.86. The Balaban J connectivity index is 0.990. The van der Waals surface area contributed by atoms with Gasteiger partial charge in [0.25, 0.3) is 0 Å². The zero-order chi connectivity index (χ0) is 31.6. The van der Waals surface area contributed by atoms with E-state index in [1.54, 1.807) is 10.8 Å². The Kier molecular flexibility index (Phi) is 8.50. The minimum absolute atomic E-state index is 0.00364. The number of nitriles is 1. The Bertz CT molecular complexity index is 1880. The molecule has 46 heavy (non-hydrogen) atoms. The molecule has 2 N–H and O–H groups in total. The number of para-hydroxylation sites is 1. The summed E-state index contributed by atoms with van der Waals surface area (Å²) in [7, 11) is 0. The number of fused-ring (bicyclic) bond motifs is 3. The molecule has 4 aromatic rings. The van der Waals surface area contributed by atoms with Gasteiger partial charge in [0.1, 0.15) is 0 Å². The van der Waals surface area contributed by atoms with Gasteiger partial charge in [-0.1, -0.05) is 42.8 Å². The first-order valence-electron chi connectivity index (χ1n) is 16.1. The minimum Gasteiger partial charge on any atom is -0.343 e. The monoisotopic (exact) mass is 632 g/mol. The first kappa shape index (κ1) is 30.1. The van der Waals surface area contributed by atoms with Gasteiger partial charge in [0.15, 0.2) is 0 Å². The molecule has 2 aromatic heterocycles. The van der Waals surface area contributed by atoms with Crippen LogP contribution in [0.1, 0.15) is 54.4 Å².